The first-order valence-corrected chi connectivity index (χ1v) is 6.13. The third kappa shape index (κ3) is 6.63. The van der Waals surface area contributed by atoms with Crippen molar-refractivity contribution >= 4 is 0 Å². The molecule has 1 atom stereocenters. The smallest absolute Gasteiger partial charge is 0.485 e. The van der Waals surface area contributed by atoms with E-state index in [1.165, 1.54) is 18.2 Å². The van der Waals surface area contributed by atoms with E-state index in [1.54, 1.807) is 20.1 Å². The van der Waals surface area contributed by atoms with Crippen molar-refractivity contribution < 1.29 is 27.4 Å². The normalized spacial score (nSPS) is 13.1. The van der Waals surface area contributed by atoms with E-state index in [9.17, 15) is 13.2 Å². The molecule has 1 aromatic rings. The Bertz CT molecular complexity index is 399. The highest BCUT2D eigenvalue weighted by Crippen LogP contribution is 2.32. The Balaban J connectivity index is 2.54. The molecule has 1 aromatic carbocycles. The molecule has 0 saturated heterocycles. The standard InChI is InChI=1S/C13H18F3NO3/c1-10(9-17-7-8-18-2)19-11-5-3-4-6-12(11)20-13(14,15)16/h3-6,10,17H,7-9H2,1-2H3. The summed E-state index contributed by atoms with van der Waals surface area (Å²) in [6, 6.07) is 5.69. The van der Waals surface area contributed by atoms with Crippen LogP contribution in [-0.4, -0.2) is 39.3 Å². The lowest BCUT2D eigenvalue weighted by Crippen LogP contribution is -2.31. The van der Waals surface area contributed by atoms with E-state index in [2.05, 4.69) is 10.1 Å². The van der Waals surface area contributed by atoms with Gasteiger partial charge in [-0.2, -0.15) is 0 Å². The number of methoxy groups -OCH3 is 1. The second kappa shape index (κ2) is 7.96. The van der Waals surface area contributed by atoms with Crippen LogP contribution in [0.15, 0.2) is 24.3 Å². The minimum Gasteiger partial charge on any atom is -0.485 e. The zero-order chi connectivity index (χ0) is 15.0. The van der Waals surface area contributed by atoms with Gasteiger partial charge in [-0.3, -0.25) is 0 Å². The molecular weight excluding hydrogens is 275 g/mol. The van der Waals surface area contributed by atoms with Gasteiger partial charge in [-0.05, 0) is 19.1 Å². The highest BCUT2D eigenvalue weighted by molar-refractivity contribution is 5.39. The van der Waals surface area contributed by atoms with E-state index in [-0.39, 0.29) is 17.6 Å². The molecule has 4 nitrogen and oxygen atoms in total. The Hall–Kier alpha value is -1.47. The van der Waals surface area contributed by atoms with Crippen LogP contribution in [0.5, 0.6) is 11.5 Å². The Morgan fingerprint density at radius 1 is 1.20 bits per heavy atom. The summed E-state index contributed by atoms with van der Waals surface area (Å²) in [5.41, 5.74) is 0. The van der Waals surface area contributed by atoms with E-state index in [1.807, 2.05) is 0 Å². The fourth-order valence-electron chi connectivity index (χ4n) is 1.49. The quantitative estimate of drug-likeness (QED) is 0.748. The molecule has 0 fully saturated rings. The van der Waals surface area contributed by atoms with E-state index >= 15 is 0 Å². The van der Waals surface area contributed by atoms with E-state index in [0.717, 1.165) is 0 Å². The molecule has 0 aliphatic carbocycles. The molecule has 1 rings (SSSR count). The number of hydrogen-bond donors (Lipinski definition) is 1. The molecule has 7 heteroatoms. The number of hydrogen-bond acceptors (Lipinski definition) is 4. The maximum Gasteiger partial charge on any atom is 0.573 e. The summed E-state index contributed by atoms with van der Waals surface area (Å²) in [5, 5.41) is 3.06. The van der Waals surface area contributed by atoms with Gasteiger partial charge in [0.05, 0.1) is 6.61 Å². The van der Waals surface area contributed by atoms with Crippen molar-refractivity contribution in [3.8, 4) is 11.5 Å². The highest BCUT2D eigenvalue weighted by atomic mass is 19.4. The van der Waals surface area contributed by atoms with E-state index in [4.69, 9.17) is 9.47 Å². The van der Waals surface area contributed by atoms with Crippen molar-refractivity contribution in [2.75, 3.05) is 26.8 Å². The van der Waals surface area contributed by atoms with Crippen LogP contribution in [0.1, 0.15) is 6.92 Å². The number of ether oxygens (including phenoxy) is 3. The number of para-hydroxylation sites is 2. The van der Waals surface area contributed by atoms with Gasteiger partial charge < -0.3 is 19.5 Å². The van der Waals surface area contributed by atoms with E-state index in [0.29, 0.717) is 19.7 Å². The van der Waals surface area contributed by atoms with Crippen LogP contribution in [0.2, 0.25) is 0 Å². The second-order valence-corrected chi connectivity index (χ2v) is 4.12. The minimum atomic E-state index is -4.74. The molecule has 0 saturated carbocycles. The average molecular weight is 293 g/mol. The van der Waals surface area contributed by atoms with Crippen LogP contribution in [0.3, 0.4) is 0 Å². The molecule has 0 amide bonds. The summed E-state index contributed by atoms with van der Waals surface area (Å²) in [7, 11) is 1.59. The molecule has 0 radical (unpaired) electrons. The topological polar surface area (TPSA) is 39.7 Å². The molecule has 0 spiro atoms. The molecular formula is C13H18F3NO3. The van der Waals surface area contributed by atoms with Crippen molar-refractivity contribution in [1.82, 2.24) is 5.32 Å². The summed E-state index contributed by atoms with van der Waals surface area (Å²) in [6.45, 7) is 3.44. The Kier molecular flexibility index (Phi) is 6.60. The summed E-state index contributed by atoms with van der Waals surface area (Å²) < 4.78 is 50.9. The summed E-state index contributed by atoms with van der Waals surface area (Å²) in [6.07, 6.45) is -5.04. The zero-order valence-corrected chi connectivity index (χ0v) is 11.4. The predicted molar refractivity (Wildman–Crippen MR) is 68.0 cm³/mol. The minimum absolute atomic E-state index is 0.0610. The molecule has 1 N–H and O–H groups in total. The number of benzene rings is 1. The molecule has 0 heterocycles. The SMILES string of the molecule is COCCNCC(C)Oc1ccccc1OC(F)(F)F. The summed E-state index contributed by atoms with van der Waals surface area (Å²) in [4.78, 5) is 0. The fourth-order valence-corrected chi connectivity index (χ4v) is 1.49. The van der Waals surface area contributed by atoms with E-state index < -0.39 is 6.36 Å². The van der Waals surface area contributed by atoms with Crippen molar-refractivity contribution in [2.24, 2.45) is 0 Å². The number of alkyl halides is 3. The van der Waals surface area contributed by atoms with Crippen molar-refractivity contribution in [2.45, 2.75) is 19.4 Å². The summed E-state index contributed by atoms with van der Waals surface area (Å²) >= 11 is 0. The van der Waals surface area contributed by atoms with Gasteiger partial charge in [0.15, 0.2) is 11.5 Å². The first-order chi connectivity index (χ1) is 9.42. The largest absolute Gasteiger partial charge is 0.573 e. The van der Waals surface area contributed by atoms with Crippen molar-refractivity contribution in [1.29, 1.82) is 0 Å². The van der Waals surface area contributed by atoms with Gasteiger partial charge >= 0.3 is 6.36 Å². The van der Waals surface area contributed by atoms with Gasteiger partial charge in [0.25, 0.3) is 0 Å². The Morgan fingerprint density at radius 3 is 2.45 bits per heavy atom. The van der Waals surface area contributed by atoms with Crippen LogP contribution < -0.4 is 14.8 Å². The lowest BCUT2D eigenvalue weighted by molar-refractivity contribution is -0.275. The Morgan fingerprint density at radius 2 is 1.85 bits per heavy atom. The van der Waals surface area contributed by atoms with Crippen LogP contribution in [0, 0.1) is 0 Å². The van der Waals surface area contributed by atoms with Gasteiger partial charge in [0.2, 0.25) is 0 Å². The maximum absolute atomic E-state index is 12.2. The van der Waals surface area contributed by atoms with Gasteiger partial charge in [-0.25, -0.2) is 0 Å². The van der Waals surface area contributed by atoms with Crippen LogP contribution in [0.4, 0.5) is 13.2 Å². The molecule has 0 aliphatic rings. The molecule has 0 aromatic heterocycles. The van der Waals surface area contributed by atoms with Gasteiger partial charge in [-0.1, -0.05) is 12.1 Å². The van der Waals surface area contributed by atoms with Gasteiger partial charge in [-0.15, -0.1) is 13.2 Å². The maximum atomic E-state index is 12.2. The van der Waals surface area contributed by atoms with Crippen LogP contribution in [0.25, 0.3) is 0 Å². The lowest BCUT2D eigenvalue weighted by Gasteiger charge is -2.18. The monoisotopic (exact) mass is 293 g/mol. The highest BCUT2D eigenvalue weighted by Gasteiger charge is 2.32. The molecule has 1 unspecified atom stereocenters. The number of nitrogens with one attached hydrogen (secondary N) is 1. The molecule has 0 aliphatic heterocycles. The van der Waals surface area contributed by atoms with Crippen molar-refractivity contribution in [3.63, 3.8) is 0 Å². The van der Waals surface area contributed by atoms with Crippen LogP contribution in [-0.2, 0) is 4.74 Å². The first kappa shape index (κ1) is 16.6. The number of halogens is 3. The fraction of sp³-hybridized carbons (Fsp3) is 0.538. The second-order valence-electron chi connectivity index (χ2n) is 4.12. The van der Waals surface area contributed by atoms with Crippen molar-refractivity contribution in [3.05, 3.63) is 24.3 Å². The third-order valence-electron chi connectivity index (χ3n) is 2.32. The first-order valence-electron chi connectivity index (χ1n) is 6.13. The lowest BCUT2D eigenvalue weighted by atomic mass is 10.3. The number of rotatable bonds is 8. The van der Waals surface area contributed by atoms with Gasteiger partial charge in [0, 0.05) is 20.2 Å². The van der Waals surface area contributed by atoms with Crippen LogP contribution >= 0.6 is 0 Å². The molecule has 114 valence electrons. The predicted octanol–water partition coefficient (Wildman–Crippen LogP) is 2.59. The average Bonchev–Trinajstić information content (AvgIpc) is 2.35. The molecule has 20 heavy (non-hydrogen) atoms. The third-order valence-corrected chi connectivity index (χ3v) is 2.32. The molecule has 0 bridgehead atoms. The Labute approximate surface area is 115 Å². The zero-order valence-electron chi connectivity index (χ0n) is 11.4. The van der Waals surface area contributed by atoms with Gasteiger partial charge in [0.1, 0.15) is 6.10 Å². The summed E-state index contributed by atoms with van der Waals surface area (Å²) in [5.74, 6) is -0.283.